The van der Waals surface area contributed by atoms with Crippen molar-refractivity contribution < 1.29 is 14.7 Å². The monoisotopic (exact) mass is 310 g/mol. The summed E-state index contributed by atoms with van der Waals surface area (Å²) in [6.07, 6.45) is 2.00. The van der Waals surface area contributed by atoms with Gasteiger partial charge in [-0.1, -0.05) is 25.4 Å². The summed E-state index contributed by atoms with van der Waals surface area (Å²) in [6, 6.07) is 4.34. The van der Waals surface area contributed by atoms with E-state index < -0.39 is 5.97 Å². The molecule has 6 heteroatoms. The lowest BCUT2D eigenvalue weighted by Gasteiger charge is -2.25. The number of nitrogens with one attached hydrogen (secondary N) is 1. The van der Waals surface area contributed by atoms with E-state index in [2.05, 4.69) is 5.32 Å². The van der Waals surface area contributed by atoms with E-state index in [1.807, 2.05) is 13.8 Å². The Morgan fingerprint density at radius 3 is 2.62 bits per heavy atom. The van der Waals surface area contributed by atoms with Crippen LogP contribution < -0.4 is 5.32 Å². The zero-order valence-electron chi connectivity index (χ0n) is 12.1. The van der Waals surface area contributed by atoms with Crippen molar-refractivity contribution in [2.24, 2.45) is 5.92 Å². The second kappa shape index (κ2) is 6.35. The van der Waals surface area contributed by atoms with Gasteiger partial charge in [0.1, 0.15) is 0 Å². The molecule has 0 heterocycles. The van der Waals surface area contributed by atoms with E-state index in [1.165, 1.54) is 18.2 Å². The van der Waals surface area contributed by atoms with Gasteiger partial charge in [0, 0.05) is 17.6 Å². The molecule has 2 rings (SSSR count). The fraction of sp³-hybridized carbons (Fsp3) is 0.467. The topological polar surface area (TPSA) is 69.6 Å². The minimum absolute atomic E-state index is 0.0352. The van der Waals surface area contributed by atoms with E-state index in [9.17, 15) is 9.59 Å². The molecule has 5 nitrogen and oxygen atoms in total. The number of aromatic carboxylic acids is 1. The summed E-state index contributed by atoms with van der Waals surface area (Å²) in [7, 11) is 0. The van der Waals surface area contributed by atoms with Crippen LogP contribution in [0.25, 0.3) is 0 Å². The third-order valence-corrected chi connectivity index (χ3v) is 3.50. The van der Waals surface area contributed by atoms with Crippen molar-refractivity contribution in [3.8, 4) is 0 Å². The Balaban J connectivity index is 2.17. The lowest BCUT2D eigenvalue weighted by atomic mass is 10.2. The maximum atomic E-state index is 12.4. The number of amides is 2. The molecule has 0 saturated heterocycles. The summed E-state index contributed by atoms with van der Waals surface area (Å²) in [5, 5.41) is 12.2. The maximum absolute atomic E-state index is 12.4. The molecule has 0 aliphatic heterocycles. The molecule has 0 bridgehead atoms. The average Bonchev–Trinajstić information content (AvgIpc) is 3.19. The lowest BCUT2D eigenvalue weighted by Crippen LogP contribution is -2.39. The van der Waals surface area contributed by atoms with Crippen LogP contribution in [0, 0.1) is 5.92 Å². The quantitative estimate of drug-likeness (QED) is 0.871. The number of halogens is 1. The lowest BCUT2D eigenvalue weighted by molar-refractivity contribution is 0.0698. The van der Waals surface area contributed by atoms with Gasteiger partial charge in [-0.25, -0.2) is 9.59 Å². The largest absolute Gasteiger partial charge is 0.478 e. The normalized spacial score (nSPS) is 14.1. The molecule has 0 radical (unpaired) electrons. The highest BCUT2D eigenvalue weighted by molar-refractivity contribution is 6.31. The Hall–Kier alpha value is -1.75. The number of urea groups is 1. The third-order valence-electron chi connectivity index (χ3n) is 3.26. The highest BCUT2D eigenvalue weighted by Crippen LogP contribution is 2.29. The van der Waals surface area contributed by atoms with Crippen LogP contribution in [-0.4, -0.2) is 34.6 Å². The second-order valence-corrected chi connectivity index (χ2v) is 6.14. The number of nitrogens with zero attached hydrogens (tertiary/aromatic N) is 1. The van der Waals surface area contributed by atoms with Gasteiger partial charge in [-0.15, -0.1) is 0 Å². The molecule has 2 N–H and O–H groups in total. The van der Waals surface area contributed by atoms with Crippen molar-refractivity contribution in [2.75, 3.05) is 11.9 Å². The average molecular weight is 311 g/mol. The van der Waals surface area contributed by atoms with Crippen molar-refractivity contribution in [1.29, 1.82) is 0 Å². The molecule has 2 amide bonds. The van der Waals surface area contributed by atoms with Crippen molar-refractivity contribution >= 4 is 29.3 Å². The molecule has 0 atom stereocenters. The van der Waals surface area contributed by atoms with Crippen LogP contribution in [0.15, 0.2) is 18.2 Å². The molecule has 0 aromatic heterocycles. The van der Waals surface area contributed by atoms with E-state index in [1.54, 1.807) is 4.90 Å². The summed E-state index contributed by atoms with van der Waals surface area (Å²) in [5.41, 5.74) is 0.266. The third kappa shape index (κ3) is 4.11. The first kappa shape index (κ1) is 15.6. The summed E-state index contributed by atoms with van der Waals surface area (Å²) in [5.74, 6) is -0.738. The number of rotatable bonds is 5. The summed E-state index contributed by atoms with van der Waals surface area (Å²) >= 11 is 5.89. The summed E-state index contributed by atoms with van der Waals surface area (Å²) in [6.45, 7) is 4.74. The summed E-state index contributed by atoms with van der Waals surface area (Å²) < 4.78 is 0. The Bertz CT molecular complexity index is 556. The Morgan fingerprint density at radius 1 is 1.43 bits per heavy atom. The zero-order chi connectivity index (χ0) is 15.6. The number of carbonyl (C=O) groups is 2. The fourth-order valence-electron chi connectivity index (χ4n) is 2.17. The highest BCUT2D eigenvalue weighted by Gasteiger charge is 2.33. The molecule has 1 aromatic carbocycles. The molecule has 0 spiro atoms. The fourth-order valence-corrected chi connectivity index (χ4v) is 2.34. The van der Waals surface area contributed by atoms with E-state index in [4.69, 9.17) is 16.7 Å². The maximum Gasteiger partial charge on any atom is 0.337 e. The zero-order valence-corrected chi connectivity index (χ0v) is 12.9. The van der Waals surface area contributed by atoms with Crippen LogP contribution in [-0.2, 0) is 0 Å². The van der Waals surface area contributed by atoms with Crippen LogP contribution in [0.1, 0.15) is 37.0 Å². The molecule has 1 saturated carbocycles. The second-order valence-electron chi connectivity index (χ2n) is 5.70. The number of hydrogen-bond acceptors (Lipinski definition) is 2. The Kier molecular flexibility index (Phi) is 4.73. The Morgan fingerprint density at radius 2 is 2.10 bits per heavy atom. The van der Waals surface area contributed by atoms with Gasteiger partial charge in [0.2, 0.25) is 0 Å². The molecular formula is C15H19ClN2O3. The van der Waals surface area contributed by atoms with Crippen molar-refractivity contribution in [3.63, 3.8) is 0 Å². The van der Waals surface area contributed by atoms with Gasteiger partial charge in [0.15, 0.2) is 0 Å². The number of carboxylic acid groups (broad SMARTS) is 1. The first-order valence-electron chi connectivity index (χ1n) is 6.99. The standard InChI is InChI=1S/C15H19ClN2O3/c1-9(2)8-18(11-4-5-11)15(21)17-13-7-10(16)3-6-12(13)14(19)20/h3,6-7,9,11H,4-5,8H2,1-2H3,(H,17,21)(H,19,20). The van der Waals surface area contributed by atoms with Gasteiger partial charge >= 0.3 is 12.0 Å². The minimum Gasteiger partial charge on any atom is -0.478 e. The van der Waals surface area contributed by atoms with Crippen molar-refractivity contribution in [1.82, 2.24) is 4.90 Å². The molecule has 1 aliphatic carbocycles. The van der Waals surface area contributed by atoms with Crippen LogP contribution in [0.2, 0.25) is 5.02 Å². The number of anilines is 1. The van der Waals surface area contributed by atoms with Gasteiger partial charge in [-0.2, -0.15) is 0 Å². The molecule has 1 aliphatic rings. The number of hydrogen-bond donors (Lipinski definition) is 2. The van der Waals surface area contributed by atoms with Crippen LogP contribution in [0.3, 0.4) is 0 Å². The van der Waals surface area contributed by atoms with Gasteiger partial charge in [-0.3, -0.25) is 0 Å². The van der Waals surface area contributed by atoms with Crippen LogP contribution >= 0.6 is 11.6 Å². The summed E-state index contributed by atoms with van der Waals surface area (Å²) in [4.78, 5) is 25.4. The van der Waals surface area contributed by atoms with Gasteiger partial charge in [0.05, 0.1) is 11.3 Å². The molecule has 21 heavy (non-hydrogen) atoms. The SMILES string of the molecule is CC(C)CN(C(=O)Nc1cc(Cl)ccc1C(=O)O)C1CC1. The molecule has 1 fully saturated rings. The van der Waals surface area contributed by atoms with E-state index >= 15 is 0 Å². The van der Waals surface area contributed by atoms with E-state index in [0.717, 1.165) is 12.8 Å². The van der Waals surface area contributed by atoms with Crippen LogP contribution in [0.4, 0.5) is 10.5 Å². The number of carboxylic acids is 1. The van der Waals surface area contributed by atoms with Gasteiger partial charge in [-0.05, 0) is 37.0 Å². The van der Waals surface area contributed by atoms with E-state index in [-0.39, 0.29) is 23.3 Å². The smallest absolute Gasteiger partial charge is 0.337 e. The number of carbonyl (C=O) groups excluding carboxylic acids is 1. The molecule has 1 aromatic rings. The minimum atomic E-state index is -1.09. The van der Waals surface area contributed by atoms with E-state index in [0.29, 0.717) is 17.5 Å². The van der Waals surface area contributed by atoms with Gasteiger partial charge < -0.3 is 15.3 Å². The Labute approximate surface area is 128 Å². The van der Waals surface area contributed by atoms with Gasteiger partial charge in [0.25, 0.3) is 0 Å². The predicted octanol–water partition coefficient (Wildman–Crippen LogP) is 3.69. The van der Waals surface area contributed by atoms with Crippen molar-refractivity contribution in [2.45, 2.75) is 32.7 Å². The molecule has 114 valence electrons. The van der Waals surface area contributed by atoms with Crippen molar-refractivity contribution in [3.05, 3.63) is 28.8 Å². The molecule has 0 unspecified atom stereocenters. The first-order chi connectivity index (χ1) is 9.88. The van der Waals surface area contributed by atoms with Crippen LogP contribution in [0.5, 0.6) is 0 Å². The first-order valence-corrected chi connectivity index (χ1v) is 7.36. The highest BCUT2D eigenvalue weighted by atomic mass is 35.5. The predicted molar refractivity (Wildman–Crippen MR) is 82.0 cm³/mol. The molecular weight excluding hydrogens is 292 g/mol. The number of benzene rings is 1.